The van der Waals surface area contributed by atoms with E-state index in [9.17, 15) is 0 Å². The third-order valence-corrected chi connectivity index (χ3v) is 1.70. The van der Waals surface area contributed by atoms with E-state index in [1.54, 1.807) is 18.0 Å². The lowest BCUT2D eigenvalue weighted by Crippen LogP contribution is -2.07. The number of methoxy groups -OCH3 is 1. The van der Waals surface area contributed by atoms with Crippen LogP contribution in [-0.2, 0) is 11.3 Å². The van der Waals surface area contributed by atoms with Gasteiger partial charge in [-0.25, -0.2) is 4.68 Å². The van der Waals surface area contributed by atoms with Gasteiger partial charge in [0.1, 0.15) is 5.82 Å². The summed E-state index contributed by atoms with van der Waals surface area (Å²) in [6, 6.07) is 0.301. The van der Waals surface area contributed by atoms with Crippen molar-refractivity contribution in [3.8, 4) is 0 Å². The average molecular weight is 169 g/mol. The summed E-state index contributed by atoms with van der Waals surface area (Å²) in [6.45, 7) is 4.61. The number of ether oxygens (including phenoxy) is 1. The zero-order chi connectivity index (χ0) is 9.14. The van der Waals surface area contributed by atoms with Crippen LogP contribution in [0.3, 0.4) is 0 Å². The molecule has 0 atom stereocenters. The van der Waals surface area contributed by atoms with Gasteiger partial charge in [0.05, 0.1) is 12.8 Å². The Morgan fingerprint density at radius 2 is 2.33 bits per heavy atom. The van der Waals surface area contributed by atoms with Crippen molar-refractivity contribution in [2.75, 3.05) is 12.8 Å². The second-order valence-corrected chi connectivity index (χ2v) is 3.03. The molecule has 0 unspecified atom stereocenters. The molecule has 0 saturated carbocycles. The molecule has 1 aromatic heterocycles. The highest BCUT2D eigenvalue weighted by atomic mass is 16.5. The van der Waals surface area contributed by atoms with E-state index in [-0.39, 0.29) is 0 Å². The molecule has 0 fully saturated rings. The van der Waals surface area contributed by atoms with Gasteiger partial charge in [-0.15, -0.1) is 0 Å². The first-order chi connectivity index (χ1) is 5.66. The fourth-order valence-electron chi connectivity index (χ4n) is 1.09. The second kappa shape index (κ2) is 3.58. The maximum absolute atomic E-state index is 5.81. The Balaban J connectivity index is 2.88. The highest BCUT2D eigenvalue weighted by molar-refractivity contribution is 5.38. The van der Waals surface area contributed by atoms with Gasteiger partial charge < -0.3 is 10.5 Å². The van der Waals surface area contributed by atoms with Crippen LogP contribution in [-0.4, -0.2) is 16.9 Å². The molecular weight excluding hydrogens is 154 g/mol. The zero-order valence-electron chi connectivity index (χ0n) is 7.74. The zero-order valence-corrected chi connectivity index (χ0v) is 7.74. The van der Waals surface area contributed by atoms with Crippen LogP contribution >= 0.6 is 0 Å². The molecule has 68 valence electrons. The topological polar surface area (TPSA) is 53.1 Å². The molecule has 1 heterocycles. The lowest BCUT2D eigenvalue weighted by Gasteiger charge is -2.07. The fourth-order valence-corrected chi connectivity index (χ4v) is 1.09. The maximum atomic E-state index is 5.81. The quantitative estimate of drug-likeness (QED) is 0.739. The maximum Gasteiger partial charge on any atom is 0.127 e. The van der Waals surface area contributed by atoms with E-state index in [2.05, 4.69) is 5.10 Å². The Kier molecular flexibility index (Phi) is 2.70. The summed E-state index contributed by atoms with van der Waals surface area (Å²) in [5.41, 5.74) is 6.76. The van der Waals surface area contributed by atoms with Crippen LogP contribution < -0.4 is 5.73 Å². The SMILES string of the molecule is COCc1cnn(C(C)C)c1N. The van der Waals surface area contributed by atoms with Crippen LogP contribution in [0.2, 0.25) is 0 Å². The van der Waals surface area contributed by atoms with Crippen molar-refractivity contribution in [3.63, 3.8) is 0 Å². The van der Waals surface area contributed by atoms with Gasteiger partial charge in [0.15, 0.2) is 0 Å². The van der Waals surface area contributed by atoms with Crippen molar-refractivity contribution in [1.82, 2.24) is 9.78 Å². The summed E-state index contributed by atoms with van der Waals surface area (Å²) in [7, 11) is 1.64. The highest BCUT2D eigenvalue weighted by Crippen LogP contribution is 2.16. The van der Waals surface area contributed by atoms with E-state index in [1.807, 2.05) is 13.8 Å². The third-order valence-electron chi connectivity index (χ3n) is 1.70. The Morgan fingerprint density at radius 1 is 1.67 bits per heavy atom. The van der Waals surface area contributed by atoms with Crippen molar-refractivity contribution in [1.29, 1.82) is 0 Å². The standard InChI is InChI=1S/C8H15N3O/c1-6(2)11-8(9)7(4-10-11)5-12-3/h4,6H,5,9H2,1-3H3. The first kappa shape index (κ1) is 9.06. The Hall–Kier alpha value is -1.03. The van der Waals surface area contributed by atoms with Crippen LogP contribution in [0.15, 0.2) is 6.20 Å². The minimum atomic E-state index is 0.301. The summed E-state index contributed by atoms with van der Waals surface area (Å²) < 4.78 is 6.75. The molecular formula is C8H15N3O. The van der Waals surface area contributed by atoms with Crippen LogP contribution in [0.25, 0.3) is 0 Å². The molecule has 0 radical (unpaired) electrons. The third kappa shape index (κ3) is 1.58. The number of rotatable bonds is 3. The molecule has 0 aliphatic carbocycles. The molecule has 4 heteroatoms. The van der Waals surface area contributed by atoms with Gasteiger partial charge in [-0.1, -0.05) is 0 Å². The average Bonchev–Trinajstić information content (AvgIpc) is 2.34. The highest BCUT2D eigenvalue weighted by Gasteiger charge is 2.08. The molecule has 4 nitrogen and oxygen atoms in total. The van der Waals surface area contributed by atoms with Crippen LogP contribution in [0.1, 0.15) is 25.5 Å². The van der Waals surface area contributed by atoms with E-state index in [4.69, 9.17) is 10.5 Å². The van der Waals surface area contributed by atoms with Gasteiger partial charge in [-0.05, 0) is 13.8 Å². The first-order valence-corrected chi connectivity index (χ1v) is 3.97. The van der Waals surface area contributed by atoms with Gasteiger partial charge in [-0.2, -0.15) is 5.10 Å². The molecule has 0 aliphatic heterocycles. The van der Waals surface area contributed by atoms with Crippen molar-refractivity contribution in [3.05, 3.63) is 11.8 Å². The number of nitrogens with zero attached hydrogens (tertiary/aromatic N) is 2. The Bertz CT molecular complexity index is 255. The molecule has 0 saturated heterocycles. The van der Waals surface area contributed by atoms with E-state index < -0.39 is 0 Å². The number of anilines is 1. The van der Waals surface area contributed by atoms with E-state index in [0.29, 0.717) is 18.5 Å². The van der Waals surface area contributed by atoms with Crippen LogP contribution in [0.4, 0.5) is 5.82 Å². The fraction of sp³-hybridized carbons (Fsp3) is 0.625. The summed E-state index contributed by atoms with van der Waals surface area (Å²) >= 11 is 0. The number of hydrogen-bond donors (Lipinski definition) is 1. The van der Waals surface area contributed by atoms with Gasteiger partial charge >= 0.3 is 0 Å². The predicted molar refractivity (Wildman–Crippen MR) is 47.7 cm³/mol. The van der Waals surface area contributed by atoms with E-state index in [0.717, 1.165) is 5.56 Å². The van der Waals surface area contributed by atoms with Crippen molar-refractivity contribution in [2.24, 2.45) is 0 Å². The largest absolute Gasteiger partial charge is 0.384 e. The Morgan fingerprint density at radius 3 is 2.75 bits per heavy atom. The minimum Gasteiger partial charge on any atom is -0.384 e. The monoisotopic (exact) mass is 169 g/mol. The smallest absolute Gasteiger partial charge is 0.127 e. The summed E-state index contributed by atoms with van der Waals surface area (Å²) in [6.07, 6.45) is 1.75. The van der Waals surface area contributed by atoms with E-state index in [1.165, 1.54) is 0 Å². The van der Waals surface area contributed by atoms with Gasteiger partial charge in [0.25, 0.3) is 0 Å². The summed E-state index contributed by atoms with van der Waals surface area (Å²) in [5.74, 6) is 0.701. The lowest BCUT2D eigenvalue weighted by molar-refractivity contribution is 0.185. The number of nitrogen functional groups attached to an aromatic ring is 1. The molecule has 0 bridgehead atoms. The van der Waals surface area contributed by atoms with Crippen molar-refractivity contribution in [2.45, 2.75) is 26.5 Å². The molecule has 2 N–H and O–H groups in total. The molecule has 0 aliphatic rings. The number of aromatic nitrogens is 2. The van der Waals surface area contributed by atoms with E-state index >= 15 is 0 Å². The minimum absolute atomic E-state index is 0.301. The van der Waals surface area contributed by atoms with Crippen LogP contribution in [0.5, 0.6) is 0 Å². The summed E-state index contributed by atoms with van der Waals surface area (Å²) in [4.78, 5) is 0. The molecule has 0 spiro atoms. The van der Waals surface area contributed by atoms with Gasteiger partial charge in [0.2, 0.25) is 0 Å². The molecule has 1 aromatic rings. The van der Waals surface area contributed by atoms with Crippen LogP contribution in [0, 0.1) is 0 Å². The van der Waals surface area contributed by atoms with Crippen molar-refractivity contribution < 1.29 is 4.74 Å². The van der Waals surface area contributed by atoms with Gasteiger partial charge in [-0.3, -0.25) is 0 Å². The number of hydrogen-bond acceptors (Lipinski definition) is 3. The first-order valence-electron chi connectivity index (χ1n) is 3.97. The van der Waals surface area contributed by atoms with Gasteiger partial charge in [0, 0.05) is 18.7 Å². The van der Waals surface area contributed by atoms with Crippen molar-refractivity contribution >= 4 is 5.82 Å². The normalized spacial score (nSPS) is 11.0. The predicted octanol–water partition coefficient (Wildman–Crippen LogP) is 1.19. The second-order valence-electron chi connectivity index (χ2n) is 3.03. The summed E-state index contributed by atoms with van der Waals surface area (Å²) in [5, 5.41) is 4.15. The molecule has 0 amide bonds. The number of nitrogens with two attached hydrogens (primary N) is 1. The lowest BCUT2D eigenvalue weighted by atomic mass is 10.3. The molecule has 1 rings (SSSR count). The Labute approximate surface area is 72.3 Å². The molecule has 12 heavy (non-hydrogen) atoms. The molecule has 0 aromatic carbocycles.